The summed E-state index contributed by atoms with van der Waals surface area (Å²) in [6, 6.07) is 4.64. The van der Waals surface area contributed by atoms with Crippen LogP contribution in [-0.4, -0.2) is 0 Å². The van der Waals surface area contributed by atoms with Crippen LogP contribution in [0.5, 0.6) is 0 Å². The fourth-order valence-electron chi connectivity index (χ4n) is 1.37. The normalized spacial score (nSPS) is 16.2. The Morgan fingerprint density at radius 2 is 0.955 bits per heavy atom. The van der Waals surface area contributed by atoms with Crippen LogP contribution in [0, 0.1) is 6.92 Å². The van der Waals surface area contributed by atoms with Gasteiger partial charge in [-0.3, -0.25) is 0 Å². The standard InChI is InChI=1S/C14H23S.F6P/c1-10-8-11(13(2,3)4)15-12(9-10)14(5,6)7;1-7(2,3,4,5)6/h8-9H,1-7H3;/q+1;-1. The number of hydrogen-bond donors (Lipinski definition) is 0. The zero-order valence-electron chi connectivity index (χ0n) is 13.8. The van der Waals surface area contributed by atoms with Gasteiger partial charge in [-0.2, -0.15) is 0 Å². The third-order valence-corrected chi connectivity index (χ3v) is 4.32. The Kier molecular flexibility index (Phi) is 5.20. The van der Waals surface area contributed by atoms with Gasteiger partial charge in [-0.1, -0.05) is 41.5 Å². The molecule has 0 aromatic carbocycles. The molecule has 0 amide bonds. The molecule has 1 aromatic rings. The van der Waals surface area contributed by atoms with Gasteiger partial charge in [-0.15, -0.1) is 0 Å². The van der Waals surface area contributed by atoms with Crippen LogP contribution in [0.2, 0.25) is 0 Å². The predicted molar refractivity (Wildman–Crippen MR) is 84.4 cm³/mol. The van der Waals surface area contributed by atoms with Gasteiger partial charge in [0.2, 0.25) is 21.1 Å². The first-order valence-corrected chi connectivity index (χ1v) is 9.42. The summed E-state index contributed by atoms with van der Waals surface area (Å²) >= 11 is 1.95. The minimum atomic E-state index is -10.7. The molecule has 0 unspecified atom stereocenters. The van der Waals surface area contributed by atoms with Gasteiger partial charge >= 0.3 is 33.0 Å². The second kappa shape index (κ2) is 5.30. The average molecular weight is 368 g/mol. The fraction of sp³-hybridized carbons (Fsp3) is 0.643. The van der Waals surface area contributed by atoms with E-state index in [1.165, 1.54) is 15.3 Å². The average Bonchev–Trinajstić information content (AvgIpc) is 2.08. The SMILES string of the molecule is Cc1cc(C(C)(C)C)[s+]c(C(C)(C)C)c1.F[P-](F)(F)(F)(F)F. The maximum atomic E-state index is 9.87. The summed E-state index contributed by atoms with van der Waals surface area (Å²) in [4.78, 5) is 2.96. The monoisotopic (exact) mass is 368 g/mol. The number of hydrogen-bond acceptors (Lipinski definition) is 0. The first kappa shape index (κ1) is 21.6. The van der Waals surface area contributed by atoms with Crippen molar-refractivity contribution in [2.75, 3.05) is 0 Å². The minimum absolute atomic E-state index is 0.261. The topological polar surface area (TPSA) is 0 Å². The van der Waals surface area contributed by atoms with Crippen LogP contribution >= 0.6 is 19.1 Å². The molecule has 1 rings (SSSR count). The molecule has 0 atom stereocenters. The van der Waals surface area contributed by atoms with Crippen LogP contribution in [0.25, 0.3) is 0 Å². The molecule has 132 valence electrons. The van der Waals surface area contributed by atoms with E-state index in [-0.39, 0.29) is 10.8 Å². The van der Waals surface area contributed by atoms with Gasteiger partial charge < -0.3 is 0 Å². The van der Waals surface area contributed by atoms with Crippen molar-refractivity contribution in [2.24, 2.45) is 0 Å². The summed E-state index contributed by atoms with van der Waals surface area (Å²) < 4.78 is 59.2. The van der Waals surface area contributed by atoms with Crippen LogP contribution < -0.4 is 0 Å². The first-order chi connectivity index (χ1) is 9.05. The van der Waals surface area contributed by atoms with Crippen molar-refractivity contribution in [1.82, 2.24) is 0 Å². The van der Waals surface area contributed by atoms with Crippen LogP contribution in [-0.2, 0) is 10.8 Å². The van der Waals surface area contributed by atoms with Gasteiger partial charge in [0.05, 0.1) is 0 Å². The summed E-state index contributed by atoms with van der Waals surface area (Å²) in [5.41, 5.74) is 1.90. The van der Waals surface area contributed by atoms with E-state index in [0.29, 0.717) is 0 Å². The molecule has 1 heterocycles. The molecule has 22 heavy (non-hydrogen) atoms. The molecule has 0 saturated heterocycles. The molecule has 0 bridgehead atoms. The molecule has 0 nitrogen and oxygen atoms in total. The van der Waals surface area contributed by atoms with Crippen molar-refractivity contribution >= 4 is 19.1 Å². The van der Waals surface area contributed by atoms with Crippen LogP contribution in [0.1, 0.15) is 56.9 Å². The Balaban J connectivity index is 0.000000534. The Morgan fingerprint density at radius 1 is 0.727 bits per heavy atom. The zero-order chi connectivity index (χ0) is 18.3. The van der Waals surface area contributed by atoms with Crippen molar-refractivity contribution in [3.63, 3.8) is 0 Å². The third-order valence-electron chi connectivity index (χ3n) is 2.42. The Labute approximate surface area is 131 Å². The maximum absolute atomic E-state index is 10.7. The molecule has 8 heteroatoms. The van der Waals surface area contributed by atoms with Crippen molar-refractivity contribution < 1.29 is 25.2 Å². The molecule has 0 saturated carbocycles. The molecule has 0 spiro atoms. The van der Waals surface area contributed by atoms with Crippen LogP contribution in [0.3, 0.4) is 0 Å². The predicted octanol–water partition coefficient (Wildman–Crippen LogP) is 8.32. The molecule has 0 fully saturated rings. The second-order valence-corrected chi connectivity index (χ2v) is 10.3. The molecule has 0 radical (unpaired) electrons. The van der Waals surface area contributed by atoms with Crippen molar-refractivity contribution in [3.05, 3.63) is 27.5 Å². The number of aryl methyl sites for hydroxylation is 1. The third kappa shape index (κ3) is 12.2. The van der Waals surface area contributed by atoms with E-state index < -0.39 is 7.81 Å². The van der Waals surface area contributed by atoms with Gasteiger partial charge in [-0.25, -0.2) is 0 Å². The van der Waals surface area contributed by atoms with E-state index >= 15 is 0 Å². The summed E-state index contributed by atoms with van der Waals surface area (Å²) in [7, 11) is -10.7. The van der Waals surface area contributed by atoms with Crippen LogP contribution in [0.15, 0.2) is 12.1 Å². The zero-order valence-corrected chi connectivity index (χ0v) is 15.5. The fourth-order valence-corrected chi connectivity index (χ4v) is 2.71. The van der Waals surface area contributed by atoms with Gasteiger partial charge in [0.15, 0.2) is 0 Å². The van der Waals surface area contributed by atoms with E-state index in [0.717, 1.165) is 0 Å². The van der Waals surface area contributed by atoms with E-state index in [2.05, 4.69) is 60.6 Å². The Hall–Kier alpha value is -0.420. The molecule has 0 aliphatic carbocycles. The van der Waals surface area contributed by atoms with Crippen molar-refractivity contribution in [3.8, 4) is 0 Å². The molecule has 0 N–H and O–H groups in total. The van der Waals surface area contributed by atoms with E-state index in [9.17, 15) is 25.2 Å². The van der Waals surface area contributed by atoms with Gasteiger partial charge in [0.25, 0.3) is 0 Å². The number of halogens is 6. The number of rotatable bonds is 0. The molecule has 0 aliphatic heterocycles. The van der Waals surface area contributed by atoms with Crippen molar-refractivity contribution in [2.45, 2.75) is 59.3 Å². The van der Waals surface area contributed by atoms with E-state index in [1.54, 1.807) is 0 Å². The second-order valence-electron chi connectivity index (χ2n) is 7.32. The Morgan fingerprint density at radius 3 is 1.14 bits per heavy atom. The summed E-state index contributed by atoms with van der Waals surface area (Å²) in [6.45, 7) is 15.9. The molecule has 0 aliphatic rings. The van der Waals surface area contributed by atoms with Gasteiger partial charge in [0.1, 0.15) is 0 Å². The Bertz CT molecular complexity index is 491. The first-order valence-electron chi connectivity index (χ1n) is 6.58. The van der Waals surface area contributed by atoms with Gasteiger partial charge in [0, 0.05) is 23.0 Å². The molecule has 1 aromatic heterocycles. The summed E-state index contributed by atoms with van der Waals surface area (Å²) in [6.07, 6.45) is 0. The van der Waals surface area contributed by atoms with E-state index in [1.807, 2.05) is 11.3 Å². The summed E-state index contributed by atoms with van der Waals surface area (Å²) in [5, 5.41) is 0. The van der Waals surface area contributed by atoms with E-state index in [4.69, 9.17) is 0 Å². The molecular weight excluding hydrogens is 345 g/mol. The molecular formula is C14H23F6PS. The van der Waals surface area contributed by atoms with Crippen molar-refractivity contribution in [1.29, 1.82) is 0 Å². The summed E-state index contributed by atoms with van der Waals surface area (Å²) in [5.74, 6) is 0. The van der Waals surface area contributed by atoms with Gasteiger partial charge in [-0.05, 0) is 12.5 Å². The quantitative estimate of drug-likeness (QED) is 0.245. The van der Waals surface area contributed by atoms with Crippen LogP contribution in [0.4, 0.5) is 25.2 Å².